The molecule has 2 fully saturated rings. The molecule has 0 aromatic carbocycles. The lowest BCUT2D eigenvalue weighted by molar-refractivity contribution is -0.0465. The van der Waals surface area contributed by atoms with Gasteiger partial charge in [0.25, 0.3) is 0 Å². The lowest BCUT2D eigenvalue weighted by Crippen LogP contribution is -2.63. The molecule has 2 aliphatic heterocycles. The summed E-state index contributed by atoms with van der Waals surface area (Å²) >= 11 is 0. The number of hydrogen-bond acceptors (Lipinski definition) is 3. The average molecular weight is 268 g/mol. The van der Waals surface area contributed by atoms with Crippen molar-refractivity contribution in [1.29, 1.82) is 0 Å². The Morgan fingerprint density at radius 2 is 2.00 bits per heavy atom. The van der Waals surface area contributed by atoms with E-state index < -0.39 is 0 Å². The molecule has 0 aliphatic carbocycles. The van der Waals surface area contributed by atoms with E-state index in [0.29, 0.717) is 12.1 Å². The van der Waals surface area contributed by atoms with E-state index >= 15 is 0 Å². The number of fused-ring (bicyclic) bond motifs is 1. The number of rotatable bonds is 5. The molecular formula is C16H32N2O. The van der Waals surface area contributed by atoms with E-state index in [0.717, 1.165) is 18.6 Å². The lowest BCUT2D eigenvalue weighted by atomic mass is 9.90. The van der Waals surface area contributed by atoms with Crippen LogP contribution in [0.4, 0.5) is 0 Å². The van der Waals surface area contributed by atoms with Gasteiger partial charge in [-0.25, -0.2) is 0 Å². The van der Waals surface area contributed by atoms with Gasteiger partial charge in [0.05, 0.1) is 6.61 Å². The molecule has 0 spiro atoms. The predicted molar refractivity (Wildman–Crippen MR) is 80.5 cm³/mol. The highest BCUT2D eigenvalue weighted by Gasteiger charge is 2.38. The summed E-state index contributed by atoms with van der Waals surface area (Å²) in [6.45, 7) is 11.8. The number of piperidine rings is 1. The van der Waals surface area contributed by atoms with Crippen LogP contribution >= 0.6 is 0 Å². The van der Waals surface area contributed by atoms with E-state index in [4.69, 9.17) is 4.74 Å². The van der Waals surface area contributed by atoms with Crippen LogP contribution < -0.4 is 0 Å². The molecule has 0 aromatic heterocycles. The Labute approximate surface area is 119 Å². The number of methoxy groups -OCH3 is 1. The van der Waals surface area contributed by atoms with Crippen molar-refractivity contribution < 1.29 is 4.74 Å². The fraction of sp³-hybridized carbons (Fsp3) is 1.00. The van der Waals surface area contributed by atoms with E-state index in [-0.39, 0.29) is 0 Å². The van der Waals surface area contributed by atoms with Crippen molar-refractivity contribution in [2.24, 2.45) is 5.92 Å². The van der Waals surface area contributed by atoms with E-state index in [1.54, 1.807) is 0 Å². The van der Waals surface area contributed by atoms with Crippen LogP contribution in [0.25, 0.3) is 0 Å². The zero-order valence-electron chi connectivity index (χ0n) is 13.3. The van der Waals surface area contributed by atoms with E-state index in [9.17, 15) is 0 Å². The second kappa shape index (κ2) is 7.05. The third-order valence-corrected chi connectivity index (χ3v) is 5.09. The lowest BCUT2D eigenvalue weighted by Gasteiger charge is -2.52. The summed E-state index contributed by atoms with van der Waals surface area (Å²) in [4.78, 5) is 5.52. The van der Waals surface area contributed by atoms with Crippen LogP contribution in [0, 0.1) is 5.92 Å². The van der Waals surface area contributed by atoms with Gasteiger partial charge >= 0.3 is 0 Å². The highest BCUT2D eigenvalue weighted by Crippen LogP contribution is 2.29. The van der Waals surface area contributed by atoms with Crippen molar-refractivity contribution in [3.63, 3.8) is 0 Å². The monoisotopic (exact) mass is 268 g/mol. The van der Waals surface area contributed by atoms with Gasteiger partial charge in [-0.1, -0.05) is 27.2 Å². The third kappa shape index (κ3) is 3.50. The molecule has 0 N–H and O–H groups in total. The van der Waals surface area contributed by atoms with E-state index in [1.165, 1.54) is 45.3 Å². The van der Waals surface area contributed by atoms with Crippen LogP contribution in [-0.4, -0.2) is 61.3 Å². The smallest absolute Gasteiger partial charge is 0.0618 e. The van der Waals surface area contributed by atoms with Crippen molar-refractivity contribution >= 4 is 0 Å². The van der Waals surface area contributed by atoms with Gasteiger partial charge < -0.3 is 4.74 Å². The maximum absolute atomic E-state index is 5.46. The minimum absolute atomic E-state index is 0.599. The fourth-order valence-electron chi connectivity index (χ4n) is 3.89. The zero-order chi connectivity index (χ0) is 13.8. The van der Waals surface area contributed by atoms with Gasteiger partial charge in [0.1, 0.15) is 0 Å². The Bertz CT molecular complexity index is 269. The van der Waals surface area contributed by atoms with Crippen molar-refractivity contribution in [1.82, 2.24) is 9.80 Å². The second-order valence-electron chi connectivity index (χ2n) is 6.67. The Kier molecular flexibility index (Phi) is 5.67. The molecule has 19 heavy (non-hydrogen) atoms. The Morgan fingerprint density at radius 3 is 2.63 bits per heavy atom. The molecule has 0 aromatic rings. The van der Waals surface area contributed by atoms with Gasteiger partial charge in [0.15, 0.2) is 0 Å². The topological polar surface area (TPSA) is 15.7 Å². The minimum atomic E-state index is 0.599. The summed E-state index contributed by atoms with van der Waals surface area (Å²) in [5.41, 5.74) is 0. The summed E-state index contributed by atoms with van der Waals surface area (Å²) in [6, 6.07) is 2.10. The van der Waals surface area contributed by atoms with Gasteiger partial charge in [-0.3, -0.25) is 9.80 Å². The second-order valence-corrected chi connectivity index (χ2v) is 6.67. The SMILES string of the molecule is CCC(COC)N1CC2CCCCN2CC1C(C)C. The molecule has 2 aliphatic rings. The van der Waals surface area contributed by atoms with Gasteiger partial charge in [-0.05, 0) is 31.7 Å². The molecular weight excluding hydrogens is 236 g/mol. The van der Waals surface area contributed by atoms with Gasteiger partial charge in [-0.15, -0.1) is 0 Å². The summed E-state index contributed by atoms with van der Waals surface area (Å²) in [7, 11) is 1.84. The zero-order valence-corrected chi connectivity index (χ0v) is 13.3. The molecule has 112 valence electrons. The first-order valence-corrected chi connectivity index (χ1v) is 8.16. The molecule has 0 amide bonds. The van der Waals surface area contributed by atoms with E-state index in [2.05, 4.69) is 30.6 Å². The van der Waals surface area contributed by atoms with E-state index in [1.807, 2.05) is 7.11 Å². The highest BCUT2D eigenvalue weighted by molar-refractivity contribution is 4.94. The molecule has 0 bridgehead atoms. The first-order chi connectivity index (χ1) is 9.17. The summed E-state index contributed by atoms with van der Waals surface area (Å²) < 4.78 is 5.46. The first kappa shape index (κ1) is 15.3. The van der Waals surface area contributed by atoms with Crippen molar-refractivity contribution in [2.45, 2.75) is 64.6 Å². The van der Waals surface area contributed by atoms with Crippen molar-refractivity contribution in [2.75, 3.05) is 33.4 Å². The van der Waals surface area contributed by atoms with Crippen LogP contribution in [0.3, 0.4) is 0 Å². The molecule has 3 unspecified atom stereocenters. The van der Waals surface area contributed by atoms with Gasteiger partial charge in [0.2, 0.25) is 0 Å². The molecule has 3 atom stereocenters. The van der Waals surface area contributed by atoms with Crippen molar-refractivity contribution in [3.05, 3.63) is 0 Å². The third-order valence-electron chi connectivity index (χ3n) is 5.09. The summed E-state index contributed by atoms with van der Waals surface area (Å²) in [6.07, 6.45) is 5.41. The van der Waals surface area contributed by atoms with Crippen LogP contribution in [0.2, 0.25) is 0 Å². The fourth-order valence-corrected chi connectivity index (χ4v) is 3.89. The maximum atomic E-state index is 5.46. The Balaban J connectivity index is 2.08. The van der Waals surface area contributed by atoms with Crippen molar-refractivity contribution in [3.8, 4) is 0 Å². The molecule has 2 heterocycles. The minimum Gasteiger partial charge on any atom is -0.383 e. The number of nitrogens with zero attached hydrogens (tertiary/aromatic N) is 2. The quantitative estimate of drug-likeness (QED) is 0.762. The standard InChI is InChI=1S/C16H32N2O/c1-5-14(12-19-4)18-10-15-8-6-7-9-17(15)11-16(18)13(2)3/h13-16H,5-12H2,1-4H3. The maximum Gasteiger partial charge on any atom is 0.0618 e. The van der Waals surface area contributed by atoms with Crippen LogP contribution in [0.5, 0.6) is 0 Å². The number of hydrogen-bond donors (Lipinski definition) is 0. The highest BCUT2D eigenvalue weighted by atomic mass is 16.5. The van der Waals surface area contributed by atoms with Crippen LogP contribution in [-0.2, 0) is 4.74 Å². The molecule has 0 saturated carbocycles. The summed E-state index contributed by atoms with van der Waals surface area (Å²) in [5.74, 6) is 0.730. The molecule has 3 nitrogen and oxygen atoms in total. The molecule has 2 saturated heterocycles. The Morgan fingerprint density at radius 1 is 1.21 bits per heavy atom. The largest absolute Gasteiger partial charge is 0.383 e. The van der Waals surface area contributed by atoms with Gasteiger partial charge in [0, 0.05) is 38.3 Å². The van der Waals surface area contributed by atoms with Crippen LogP contribution in [0.15, 0.2) is 0 Å². The van der Waals surface area contributed by atoms with Gasteiger partial charge in [-0.2, -0.15) is 0 Å². The number of piperazine rings is 1. The molecule has 3 heteroatoms. The summed E-state index contributed by atoms with van der Waals surface area (Å²) in [5, 5.41) is 0. The number of ether oxygens (including phenoxy) is 1. The Hall–Kier alpha value is -0.120. The predicted octanol–water partition coefficient (Wildman–Crippen LogP) is 2.61. The van der Waals surface area contributed by atoms with Crippen LogP contribution in [0.1, 0.15) is 46.5 Å². The molecule has 2 rings (SSSR count). The first-order valence-electron chi connectivity index (χ1n) is 8.16. The average Bonchev–Trinajstić information content (AvgIpc) is 2.43. The normalized spacial score (nSPS) is 31.4. The molecule has 0 radical (unpaired) electrons.